The van der Waals surface area contributed by atoms with Crippen molar-refractivity contribution in [2.45, 2.75) is 129 Å². The molecule has 55 heteroatoms. The van der Waals surface area contributed by atoms with Gasteiger partial charge in [-0.25, -0.2) is 132 Å². The van der Waals surface area contributed by atoms with E-state index >= 15 is 0 Å². The van der Waals surface area contributed by atoms with Crippen LogP contribution in [0.1, 0.15) is 105 Å². The van der Waals surface area contributed by atoms with Crippen LogP contribution in [-0.2, 0) is 82.1 Å². The first kappa shape index (κ1) is 101. The number of aryl methyl sites for hydroxylation is 4. The Hall–Kier alpha value is -17.9. The van der Waals surface area contributed by atoms with Crippen LogP contribution in [0.2, 0.25) is 0 Å². The van der Waals surface area contributed by atoms with Crippen molar-refractivity contribution in [1.82, 2.24) is 154 Å². The van der Waals surface area contributed by atoms with Crippen molar-refractivity contribution in [3.05, 3.63) is 207 Å². The number of nitrogens with zero attached hydrogens (tertiary/aromatic N) is 36. The molecule has 21 rings (SSSR count). The highest BCUT2D eigenvalue weighted by Crippen LogP contribution is 2.46. The summed E-state index contributed by atoms with van der Waals surface area (Å²) in [5, 5.41) is 10.9. The average Bonchev–Trinajstić information content (AvgIpc) is 1.56. The van der Waals surface area contributed by atoms with Crippen molar-refractivity contribution in [1.29, 1.82) is 0 Å². The molecule has 7 atom stereocenters. The number of amides is 4. The van der Waals surface area contributed by atoms with E-state index in [1.807, 2.05) is 4.90 Å². The van der Waals surface area contributed by atoms with Crippen LogP contribution in [0.5, 0.6) is 0 Å². The van der Waals surface area contributed by atoms with Gasteiger partial charge in [0.05, 0.1) is 47.6 Å². The Morgan fingerprint density at radius 1 is 0.396 bits per heavy atom. The summed E-state index contributed by atoms with van der Waals surface area (Å²) in [7, 11) is 11.6. The van der Waals surface area contributed by atoms with Gasteiger partial charge in [-0.05, 0) is 123 Å². The number of alkyl halides is 3. The van der Waals surface area contributed by atoms with Gasteiger partial charge in [0.25, 0.3) is 22.2 Å². The van der Waals surface area contributed by atoms with Gasteiger partial charge in [0, 0.05) is 189 Å². The number of carbonyl (C=O) groups excluding carboxylic acids is 4. The van der Waals surface area contributed by atoms with Crippen LogP contribution in [0.4, 0.5) is 60.2 Å². The lowest BCUT2D eigenvalue weighted by molar-refractivity contribution is -0.119. The molecule has 0 aromatic carbocycles. The Morgan fingerprint density at radius 2 is 0.725 bits per heavy atom. The molecular weight excluding hydrogens is 1940 g/mol. The third-order valence-corrected chi connectivity index (χ3v) is 27.3. The van der Waals surface area contributed by atoms with Gasteiger partial charge in [0.2, 0.25) is 53.3 Å². The third-order valence-electron chi connectivity index (χ3n) is 27.3. The largest absolute Gasteiger partial charge is 0.341 e. The number of rotatable bonds is 21. The van der Waals surface area contributed by atoms with Crippen molar-refractivity contribution in [2.75, 3.05) is 86.7 Å². The highest BCUT2D eigenvalue weighted by molar-refractivity contribution is 5.96. The van der Waals surface area contributed by atoms with Gasteiger partial charge in [-0.1, -0.05) is 0 Å². The standard InChI is InChI=1S/C24H26F2N10O3.C24H27FN10O3.C23H24N10O3.C23H26N10O3/c1-13(36-12-30-19-17(36)21(38)34(4)23(39)33(19)3)20(37)32-16-5-7-27-18(31-16)14-9-28-22(29-10-14)35-8-6-15(11-35)24(2,25)26;1-14(35-13-29-19-17(35)21(37)33(4)23(38)32(19)3)20(36)31-16-5-8-26-18(30-16)15-11-27-22(28-12-15)34-9-6-24(2,25)7-10-34;1-12(33-11-27-19-17(33)21(35)31(3)23(36)30(19)2)20(34)29-16-4-5-24-18(28-16)15-7-25-22(26-8-15)32-9-13-6-14(13)10-32;1-14-6-4-5-9-33(14)22-25-10-15(11-26-22)19-24-8-7-16(29-19)28-17(34)12-32-13-27-20-18(32)21(35)31(3)23(36)30(20)2/h5,7,9-10,12-13,15H,6,8,11H2,1-4H3,(H,27,31,32,37);5,8,11-14H,6-7,9-10H2,1-4H3,(H,26,30,31,36);4-5,7-8,11-14H,6,9-10H2,1-3H3,(H,24,28,29,34);7-8,10-11,13-14H,4-6,9,12H2,1-3H3,(H,24,28,29,34)/t13-,15?;14-;12-,13?,14?;14-/m0000/s1. The smallest absolute Gasteiger partial charge is 0.332 e. The number of halogens is 3. The summed E-state index contributed by atoms with van der Waals surface area (Å²) >= 11 is 0. The van der Waals surface area contributed by atoms with Gasteiger partial charge < -0.3 is 59.1 Å². The van der Waals surface area contributed by atoms with E-state index in [-0.39, 0.29) is 75.2 Å². The summed E-state index contributed by atoms with van der Waals surface area (Å²) in [6.07, 6.45) is 30.4. The molecule has 16 aromatic heterocycles. The number of piperidine rings is 3. The predicted molar refractivity (Wildman–Crippen MR) is 538 cm³/mol. The number of nitrogens with one attached hydrogen (secondary N) is 4. The van der Waals surface area contributed by atoms with E-state index in [0.717, 1.165) is 69.5 Å². The summed E-state index contributed by atoms with van der Waals surface area (Å²) < 4.78 is 56.0. The van der Waals surface area contributed by atoms with Crippen LogP contribution >= 0.6 is 0 Å². The Balaban J connectivity index is 0.000000130. The van der Waals surface area contributed by atoms with Crippen molar-refractivity contribution in [2.24, 2.45) is 74.1 Å². The van der Waals surface area contributed by atoms with E-state index in [1.54, 1.807) is 94.2 Å². The first-order valence-corrected chi connectivity index (χ1v) is 47.6. The van der Waals surface area contributed by atoms with Crippen molar-refractivity contribution in [3.8, 4) is 45.6 Å². The molecule has 0 spiro atoms. The minimum atomic E-state index is -2.76. The quantitative estimate of drug-likeness (QED) is 0.0798. The molecule has 16 aromatic rings. The molecule has 52 nitrogen and oxygen atoms in total. The topological polar surface area (TPSA) is 583 Å². The molecule has 772 valence electrons. The average molecular weight is 2040 g/mol. The summed E-state index contributed by atoms with van der Waals surface area (Å²) in [4.78, 5) is 246. The highest BCUT2D eigenvalue weighted by atomic mass is 19.3. The lowest BCUT2D eigenvalue weighted by Crippen LogP contribution is -2.40. The summed E-state index contributed by atoms with van der Waals surface area (Å²) in [6.45, 7) is 14.0. The number of hydrogen-bond acceptors (Lipinski definition) is 36. The van der Waals surface area contributed by atoms with Crippen LogP contribution in [0.3, 0.4) is 0 Å². The van der Waals surface area contributed by atoms with Crippen LogP contribution in [0, 0.1) is 17.8 Å². The van der Waals surface area contributed by atoms with Gasteiger partial charge in [-0.3, -0.25) is 74.9 Å². The Kier molecular flexibility index (Phi) is 27.8. The van der Waals surface area contributed by atoms with Gasteiger partial charge in [-0.2, -0.15) is 0 Å². The molecular formula is C94H103F3N40O12. The van der Waals surface area contributed by atoms with E-state index in [0.29, 0.717) is 120 Å². The highest BCUT2D eigenvalue weighted by Gasteiger charge is 2.46. The summed E-state index contributed by atoms with van der Waals surface area (Å²) in [5.41, 5.74) is -1.66. The van der Waals surface area contributed by atoms with Crippen molar-refractivity contribution >= 4 is 115 Å². The first-order chi connectivity index (χ1) is 71.1. The number of hydrogen-bond donors (Lipinski definition) is 4. The number of fused-ring (bicyclic) bond motifs is 5. The third kappa shape index (κ3) is 20.6. The maximum atomic E-state index is 14.1. The normalized spacial score (nSPS) is 16.9. The predicted octanol–water partition coefficient (Wildman–Crippen LogP) is 3.61. The fourth-order valence-corrected chi connectivity index (χ4v) is 18.0. The molecule has 5 aliphatic rings. The second-order valence-electron chi connectivity index (χ2n) is 37.5. The SMILES string of the molecule is C[C@@H](C(=O)Nc1ccnc(-c2cnc(N3CC4CC4C3)nc2)n1)n1cnc2c1c(=O)n(C)c(=O)n2C.C[C@@H](C(=O)Nc1ccnc(-c2cnc(N3CCC(C(C)(F)F)C3)nc2)n1)n1cnc2c1c(=O)n(C)c(=O)n2C.C[C@@H](C(=O)Nc1ccnc(-c2cnc(N3CCC(C)(F)CC3)nc2)n1)n1cnc2c1c(=O)n(C)c(=O)n2C.C[C@H]1CCCCN1c1ncc(-c2nccc(NC(=O)Cn3cnc4c3c(=O)n(C)c(=O)n4C)n2)cn1. The molecule has 1 saturated carbocycles. The Labute approximate surface area is 840 Å². The van der Waals surface area contributed by atoms with Gasteiger partial charge in [0.1, 0.15) is 53.6 Å². The zero-order valence-corrected chi connectivity index (χ0v) is 83.3. The fourth-order valence-electron chi connectivity index (χ4n) is 18.0. The molecule has 149 heavy (non-hydrogen) atoms. The molecule has 3 unspecified atom stereocenters. The number of aromatic nitrogens is 32. The number of carbonyl (C=O) groups is 4. The van der Waals surface area contributed by atoms with Crippen LogP contribution in [0.15, 0.2) is 162 Å². The Morgan fingerprint density at radius 3 is 1.08 bits per heavy atom. The minimum Gasteiger partial charge on any atom is -0.341 e. The lowest BCUT2D eigenvalue weighted by Gasteiger charge is -2.34. The zero-order valence-electron chi connectivity index (χ0n) is 83.3. The second kappa shape index (κ2) is 41.0. The van der Waals surface area contributed by atoms with Crippen LogP contribution in [-0.4, -0.2) is 242 Å². The van der Waals surface area contributed by atoms with Gasteiger partial charge in [-0.15, -0.1) is 0 Å². The van der Waals surface area contributed by atoms with E-state index in [9.17, 15) is 70.7 Å². The first-order valence-electron chi connectivity index (χ1n) is 47.6. The van der Waals surface area contributed by atoms with E-state index in [1.165, 1.54) is 168 Å². The number of anilines is 8. The van der Waals surface area contributed by atoms with E-state index in [4.69, 9.17) is 0 Å². The van der Waals surface area contributed by atoms with Crippen LogP contribution in [0.25, 0.3) is 90.2 Å². The van der Waals surface area contributed by atoms with Crippen molar-refractivity contribution < 1.29 is 32.3 Å². The molecule has 0 bridgehead atoms. The fraction of sp³-hybridized carbons (Fsp3) is 0.404. The Bertz CT molecular complexity index is 8410. The molecule has 4 amide bonds. The molecule has 4 saturated heterocycles. The monoisotopic (exact) mass is 2040 g/mol. The molecule has 4 aliphatic heterocycles. The lowest BCUT2D eigenvalue weighted by atomic mass is 9.96. The molecule has 1 aliphatic carbocycles. The molecule has 4 N–H and O–H groups in total. The molecule has 20 heterocycles. The molecule has 5 fully saturated rings. The van der Waals surface area contributed by atoms with E-state index in [2.05, 4.69) is 138 Å². The van der Waals surface area contributed by atoms with Crippen LogP contribution < -0.4 is 85.9 Å². The molecule has 0 radical (unpaired) electrons. The maximum absolute atomic E-state index is 14.1. The van der Waals surface area contributed by atoms with Crippen molar-refractivity contribution in [3.63, 3.8) is 0 Å². The maximum Gasteiger partial charge on any atom is 0.332 e. The number of imidazole rings is 4. The van der Waals surface area contributed by atoms with Gasteiger partial charge >= 0.3 is 22.8 Å². The van der Waals surface area contributed by atoms with E-state index < -0.39 is 104 Å². The summed E-state index contributed by atoms with van der Waals surface area (Å²) in [6, 6.07) is 4.11. The second-order valence-corrected chi connectivity index (χ2v) is 37.5. The summed E-state index contributed by atoms with van der Waals surface area (Å²) in [5.74, 6) is 0.952. The van der Waals surface area contributed by atoms with Gasteiger partial charge in [0.15, 0.2) is 68.0 Å². The minimum absolute atomic E-state index is 0.120. The zero-order chi connectivity index (χ0) is 106.